The second kappa shape index (κ2) is 4.66. The average molecular weight is 318 g/mol. The van der Waals surface area contributed by atoms with Crippen molar-refractivity contribution in [2.75, 3.05) is 11.4 Å². The minimum Gasteiger partial charge on any atom is -0.345 e. The fraction of sp³-hybridized carbons (Fsp3) is 0.273. The van der Waals surface area contributed by atoms with Gasteiger partial charge in [0.15, 0.2) is 0 Å². The first kappa shape index (κ1) is 12.4. The van der Waals surface area contributed by atoms with Crippen molar-refractivity contribution in [3.05, 3.63) is 27.7 Å². The molecule has 1 heterocycles. The van der Waals surface area contributed by atoms with Gasteiger partial charge in [-0.2, -0.15) is 0 Å². The lowest BCUT2D eigenvalue weighted by molar-refractivity contribution is -0.130. The lowest BCUT2D eigenvalue weighted by Crippen LogP contribution is -2.57. The van der Waals surface area contributed by atoms with Crippen molar-refractivity contribution in [1.82, 2.24) is 5.32 Å². The zero-order valence-corrected chi connectivity index (χ0v) is 11.4. The van der Waals surface area contributed by atoms with Crippen molar-refractivity contribution in [3.63, 3.8) is 0 Å². The molecule has 1 unspecified atom stereocenters. The molecule has 0 radical (unpaired) electrons. The molecule has 0 bridgehead atoms. The molecule has 1 N–H and O–H groups in total. The number of carbonyl (C=O) groups excluding carboxylic acids is 2. The Labute approximate surface area is 112 Å². The summed E-state index contributed by atoms with van der Waals surface area (Å²) in [5, 5.41) is 2.98. The SMILES string of the molecule is CC1C(=O)NCC(=O)N1c1cc(Br)ccc1Cl. The van der Waals surface area contributed by atoms with Gasteiger partial charge >= 0.3 is 0 Å². The number of rotatable bonds is 1. The van der Waals surface area contributed by atoms with Gasteiger partial charge < -0.3 is 5.32 Å². The molecule has 2 rings (SSSR count). The van der Waals surface area contributed by atoms with Gasteiger partial charge in [0.25, 0.3) is 0 Å². The third-order valence-electron chi connectivity index (χ3n) is 2.62. The van der Waals surface area contributed by atoms with Crippen LogP contribution in [0, 0.1) is 0 Å². The fourth-order valence-corrected chi connectivity index (χ4v) is 2.30. The van der Waals surface area contributed by atoms with E-state index in [1.54, 1.807) is 25.1 Å². The zero-order valence-electron chi connectivity index (χ0n) is 9.04. The maximum atomic E-state index is 11.9. The molecular formula is C11H10BrClN2O2. The minimum atomic E-state index is -0.553. The van der Waals surface area contributed by atoms with Crippen LogP contribution in [0.25, 0.3) is 0 Å². The topological polar surface area (TPSA) is 49.4 Å². The second-order valence-corrected chi connectivity index (χ2v) is 5.08. The van der Waals surface area contributed by atoms with E-state index in [1.807, 2.05) is 0 Å². The summed E-state index contributed by atoms with van der Waals surface area (Å²) >= 11 is 9.38. The quantitative estimate of drug-likeness (QED) is 0.861. The molecular weight excluding hydrogens is 307 g/mol. The van der Waals surface area contributed by atoms with Gasteiger partial charge in [-0.3, -0.25) is 14.5 Å². The van der Waals surface area contributed by atoms with Crippen LogP contribution in [0.2, 0.25) is 5.02 Å². The lowest BCUT2D eigenvalue weighted by atomic mass is 10.1. The number of benzene rings is 1. The molecule has 1 atom stereocenters. The lowest BCUT2D eigenvalue weighted by Gasteiger charge is -2.33. The van der Waals surface area contributed by atoms with Crippen LogP contribution >= 0.6 is 27.5 Å². The Balaban J connectivity index is 2.46. The molecule has 17 heavy (non-hydrogen) atoms. The van der Waals surface area contributed by atoms with Crippen LogP contribution in [0.5, 0.6) is 0 Å². The van der Waals surface area contributed by atoms with Gasteiger partial charge in [0.05, 0.1) is 17.3 Å². The van der Waals surface area contributed by atoms with E-state index in [4.69, 9.17) is 11.6 Å². The van der Waals surface area contributed by atoms with E-state index >= 15 is 0 Å². The highest BCUT2D eigenvalue weighted by atomic mass is 79.9. The van der Waals surface area contributed by atoms with Crippen molar-refractivity contribution in [1.29, 1.82) is 0 Å². The van der Waals surface area contributed by atoms with E-state index in [0.29, 0.717) is 10.7 Å². The Kier molecular flexibility index (Phi) is 3.40. The largest absolute Gasteiger partial charge is 0.345 e. The van der Waals surface area contributed by atoms with Crippen LogP contribution in [0.4, 0.5) is 5.69 Å². The molecule has 0 aromatic heterocycles. The molecule has 1 saturated heterocycles. The van der Waals surface area contributed by atoms with Crippen molar-refractivity contribution in [2.45, 2.75) is 13.0 Å². The summed E-state index contributed by atoms with van der Waals surface area (Å²) in [6.07, 6.45) is 0. The van der Waals surface area contributed by atoms with E-state index < -0.39 is 6.04 Å². The number of hydrogen-bond acceptors (Lipinski definition) is 2. The molecule has 90 valence electrons. The molecule has 0 aliphatic carbocycles. The monoisotopic (exact) mass is 316 g/mol. The van der Waals surface area contributed by atoms with Crippen molar-refractivity contribution >= 4 is 45.0 Å². The Hall–Kier alpha value is -1.07. The number of piperazine rings is 1. The summed E-state index contributed by atoms with van der Waals surface area (Å²) < 4.78 is 0.808. The molecule has 4 nitrogen and oxygen atoms in total. The summed E-state index contributed by atoms with van der Waals surface area (Å²) in [6, 6.07) is 4.65. The normalized spacial score (nSPS) is 20.4. The Morgan fingerprint density at radius 3 is 2.88 bits per heavy atom. The van der Waals surface area contributed by atoms with Crippen LogP contribution in [0.3, 0.4) is 0 Å². The summed E-state index contributed by atoms with van der Waals surface area (Å²) in [5.41, 5.74) is 0.549. The number of amides is 2. The van der Waals surface area contributed by atoms with E-state index in [0.717, 1.165) is 4.47 Å². The van der Waals surface area contributed by atoms with Gasteiger partial charge in [0, 0.05) is 4.47 Å². The number of anilines is 1. The Morgan fingerprint density at radius 2 is 2.18 bits per heavy atom. The van der Waals surface area contributed by atoms with Gasteiger partial charge in [0.1, 0.15) is 6.04 Å². The molecule has 1 fully saturated rings. The first-order chi connectivity index (χ1) is 8.00. The predicted octanol–water partition coefficient (Wildman–Crippen LogP) is 1.95. The van der Waals surface area contributed by atoms with Crippen molar-refractivity contribution in [3.8, 4) is 0 Å². The maximum Gasteiger partial charge on any atom is 0.247 e. The van der Waals surface area contributed by atoms with Crippen molar-refractivity contribution < 1.29 is 9.59 Å². The van der Waals surface area contributed by atoms with Crippen LogP contribution in [0.1, 0.15) is 6.92 Å². The average Bonchev–Trinajstić information content (AvgIpc) is 2.29. The maximum absolute atomic E-state index is 11.9. The molecule has 0 saturated carbocycles. The Morgan fingerprint density at radius 1 is 1.47 bits per heavy atom. The van der Waals surface area contributed by atoms with Crippen LogP contribution in [-0.4, -0.2) is 24.4 Å². The number of nitrogens with zero attached hydrogens (tertiary/aromatic N) is 1. The molecule has 2 amide bonds. The van der Waals surface area contributed by atoms with E-state index in [-0.39, 0.29) is 18.4 Å². The van der Waals surface area contributed by atoms with Crippen LogP contribution < -0.4 is 10.2 Å². The van der Waals surface area contributed by atoms with Gasteiger partial charge in [-0.1, -0.05) is 27.5 Å². The van der Waals surface area contributed by atoms with Gasteiger partial charge in [-0.05, 0) is 25.1 Å². The molecule has 0 spiro atoms. The molecule has 1 aromatic rings. The third-order valence-corrected chi connectivity index (χ3v) is 3.43. The van der Waals surface area contributed by atoms with E-state index in [2.05, 4.69) is 21.2 Å². The summed E-state index contributed by atoms with van der Waals surface area (Å²) in [6.45, 7) is 1.68. The van der Waals surface area contributed by atoms with Crippen LogP contribution in [0.15, 0.2) is 22.7 Å². The number of nitrogens with one attached hydrogen (secondary N) is 1. The highest BCUT2D eigenvalue weighted by molar-refractivity contribution is 9.10. The Bertz CT molecular complexity index is 492. The highest BCUT2D eigenvalue weighted by Crippen LogP contribution is 2.31. The third kappa shape index (κ3) is 2.30. The van der Waals surface area contributed by atoms with Gasteiger partial charge in [0.2, 0.25) is 11.8 Å². The first-order valence-electron chi connectivity index (χ1n) is 5.05. The summed E-state index contributed by atoms with van der Waals surface area (Å²) in [4.78, 5) is 24.8. The first-order valence-corrected chi connectivity index (χ1v) is 6.22. The predicted molar refractivity (Wildman–Crippen MR) is 69.1 cm³/mol. The highest BCUT2D eigenvalue weighted by Gasteiger charge is 2.33. The van der Waals surface area contributed by atoms with Gasteiger partial charge in [-0.25, -0.2) is 0 Å². The van der Waals surface area contributed by atoms with E-state index in [1.165, 1.54) is 4.90 Å². The molecule has 6 heteroatoms. The smallest absolute Gasteiger partial charge is 0.247 e. The number of halogens is 2. The van der Waals surface area contributed by atoms with Crippen LogP contribution in [-0.2, 0) is 9.59 Å². The molecule has 1 aliphatic heterocycles. The minimum absolute atomic E-state index is 0.00597. The second-order valence-electron chi connectivity index (χ2n) is 3.75. The molecule has 1 aromatic carbocycles. The molecule has 1 aliphatic rings. The van der Waals surface area contributed by atoms with E-state index in [9.17, 15) is 9.59 Å². The zero-order chi connectivity index (χ0) is 12.6. The standard InChI is InChI=1S/C11H10BrClN2O2/c1-6-11(17)14-5-10(16)15(6)9-4-7(12)2-3-8(9)13/h2-4,6H,5H2,1H3,(H,14,17). The van der Waals surface area contributed by atoms with Gasteiger partial charge in [-0.15, -0.1) is 0 Å². The fourth-order valence-electron chi connectivity index (χ4n) is 1.74. The summed E-state index contributed by atoms with van der Waals surface area (Å²) in [7, 11) is 0. The summed E-state index contributed by atoms with van der Waals surface area (Å²) in [5.74, 6) is -0.349. The number of hydrogen-bond donors (Lipinski definition) is 1. The number of carbonyl (C=O) groups is 2. The van der Waals surface area contributed by atoms with Crippen molar-refractivity contribution in [2.24, 2.45) is 0 Å².